The Morgan fingerprint density at radius 3 is 3.00 bits per heavy atom. The molecule has 18 heavy (non-hydrogen) atoms. The largest absolute Gasteiger partial charge is 0.378 e. The number of aromatic amines is 1. The Kier molecular flexibility index (Phi) is 4.72. The minimum atomic E-state index is 0.508. The van der Waals surface area contributed by atoms with E-state index in [1.165, 1.54) is 6.42 Å². The number of aryl methyl sites for hydroxylation is 1. The Hall–Kier alpha value is -0.940. The number of nitrogens with zero attached hydrogens (tertiary/aromatic N) is 3. The maximum absolute atomic E-state index is 5.59. The van der Waals surface area contributed by atoms with Crippen molar-refractivity contribution in [2.24, 2.45) is 5.92 Å². The fraction of sp³-hybridized carbons (Fsp3) is 0.846. The van der Waals surface area contributed by atoms with Crippen LogP contribution in [-0.2, 0) is 17.7 Å². The van der Waals surface area contributed by atoms with Gasteiger partial charge in [0.1, 0.15) is 11.6 Å². The van der Waals surface area contributed by atoms with Crippen LogP contribution in [0.4, 0.5) is 0 Å². The van der Waals surface area contributed by atoms with Crippen molar-refractivity contribution in [1.29, 1.82) is 0 Å². The van der Waals surface area contributed by atoms with Gasteiger partial charge in [0.05, 0.1) is 19.8 Å². The van der Waals surface area contributed by atoms with Gasteiger partial charge in [-0.05, 0) is 12.3 Å². The number of nitrogens with one attached hydrogen (secondary N) is 1. The number of hydrogen-bond acceptors (Lipinski definition) is 4. The predicted octanol–water partition coefficient (Wildman–Crippen LogP) is 1.61. The summed E-state index contributed by atoms with van der Waals surface area (Å²) in [7, 11) is 0. The van der Waals surface area contributed by atoms with Crippen LogP contribution in [0.3, 0.4) is 0 Å². The third kappa shape index (κ3) is 3.53. The second-order valence-corrected chi connectivity index (χ2v) is 5.38. The molecular formula is C13H24N4O. The van der Waals surface area contributed by atoms with Crippen molar-refractivity contribution < 1.29 is 4.74 Å². The van der Waals surface area contributed by atoms with Gasteiger partial charge < -0.3 is 4.74 Å². The van der Waals surface area contributed by atoms with E-state index < -0.39 is 0 Å². The topological polar surface area (TPSA) is 54.0 Å². The highest BCUT2D eigenvalue weighted by atomic mass is 16.5. The van der Waals surface area contributed by atoms with Gasteiger partial charge in [-0.1, -0.05) is 20.8 Å². The molecule has 0 amide bonds. The lowest BCUT2D eigenvalue weighted by Crippen LogP contribution is -2.45. The van der Waals surface area contributed by atoms with Crippen molar-refractivity contribution in [2.45, 2.75) is 46.2 Å². The van der Waals surface area contributed by atoms with Gasteiger partial charge in [-0.3, -0.25) is 10.00 Å². The molecule has 2 heterocycles. The lowest BCUT2D eigenvalue weighted by atomic mass is 10.0. The standard InChI is InChI=1S/C13H24N4O/c1-4-12-14-13(16-15-12)8-17-5-6-18-9-11(17)7-10(2)3/h10-11H,4-9H2,1-3H3,(H,14,15,16)/t11-/m0/s1. The maximum Gasteiger partial charge on any atom is 0.150 e. The van der Waals surface area contributed by atoms with Crippen LogP contribution in [0.1, 0.15) is 38.8 Å². The number of morpholine rings is 1. The Morgan fingerprint density at radius 1 is 1.50 bits per heavy atom. The summed E-state index contributed by atoms with van der Waals surface area (Å²) in [5, 5.41) is 7.23. The number of rotatable bonds is 5. The van der Waals surface area contributed by atoms with Gasteiger partial charge in [0, 0.05) is 19.0 Å². The number of aromatic nitrogens is 3. The second kappa shape index (κ2) is 6.29. The van der Waals surface area contributed by atoms with Gasteiger partial charge in [-0.2, -0.15) is 5.10 Å². The van der Waals surface area contributed by atoms with Crippen molar-refractivity contribution in [2.75, 3.05) is 19.8 Å². The van der Waals surface area contributed by atoms with E-state index in [4.69, 9.17) is 4.74 Å². The Morgan fingerprint density at radius 2 is 2.33 bits per heavy atom. The number of H-pyrrole nitrogens is 1. The molecule has 0 bridgehead atoms. The molecule has 5 nitrogen and oxygen atoms in total. The summed E-state index contributed by atoms with van der Waals surface area (Å²) in [4.78, 5) is 6.95. The minimum Gasteiger partial charge on any atom is -0.378 e. The van der Waals surface area contributed by atoms with Crippen molar-refractivity contribution in [3.8, 4) is 0 Å². The molecule has 2 rings (SSSR count). The summed E-state index contributed by atoms with van der Waals surface area (Å²) >= 11 is 0. The molecule has 0 unspecified atom stereocenters. The normalized spacial score (nSPS) is 21.7. The molecule has 0 radical (unpaired) electrons. The molecule has 1 N–H and O–H groups in total. The molecule has 1 saturated heterocycles. The monoisotopic (exact) mass is 252 g/mol. The van der Waals surface area contributed by atoms with Crippen LogP contribution in [-0.4, -0.2) is 45.9 Å². The SMILES string of the molecule is CCc1n[nH]c(CN2CCOC[C@@H]2CC(C)C)n1. The number of ether oxygens (including phenoxy) is 1. The van der Waals surface area contributed by atoms with Crippen LogP contribution in [0.5, 0.6) is 0 Å². The maximum atomic E-state index is 5.59. The van der Waals surface area contributed by atoms with E-state index in [1.807, 2.05) is 0 Å². The first kappa shape index (κ1) is 13.5. The van der Waals surface area contributed by atoms with E-state index in [2.05, 4.69) is 40.9 Å². The van der Waals surface area contributed by atoms with Crippen LogP contribution in [0, 0.1) is 5.92 Å². The molecule has 1 atom stereocenters. The summed E-state index contributed by atoms with van der Waals surface area (Å²) < 4.78 is 5.59. The van der Waals surface area contributed by atoms with Crippen molar-refractivity contribution in [3.05, 3.63) is 11.6 Å². The highest BCUT2D eigenvalue weighted by molar-refractivity contribution is 4.91. The molecule has 0 aromatic carbocycles. The zero-order valence-corrected chi connectivity index (χ0v) is 11.6. The third-order valence-corrected chi connectivity index (χ3v) is 3.34. The fourth-order valence-electron chi connectivity index (χ4n) is 2.41. The Bertz CT molecular complexity index is 364. The first-order valence-electron chi connectivity index (χ1n) is 6.91. The van der Waals surface area contributed by atoms with Crippen molar-refractivity contribution >= 4 is 0 Å². The molecule has 1 aliphatic rings. The van der Waals surface area contributed by atoms with Crippen molar-refractivity contribution in [1.82, 2.24) is 20.1 Å². The van der Waals surface area contributed by atoms with Gasteiger partial charge >= 0.3 is 0 Å². The third-order valence-electron chi connectivity index (χ3n) is 3.34. The average molecular weight is 252 g/mol. The average Bonchev–Trinajstić information content (AvgIpc) is 2.79. The van der Waals surface area contributed by atoms with Gasteiger partial charge in [0.15, 0.2) is 0 Å². The molecule has 5 heteroatoms. The highest BCUT2D eigenvalue weighted by Crippen LogP contribution is 2.17. The molecule has 1 aliphatic heterocycles. The molecule has 0 saturated carbocycles. The summed E-state index contributed by atoms with van der Waals surface area (Å²) in [5.41, 5.74) is 0. The van der Waals surface area contributed by atoms with E-state index in [9.17, 15) is 0 Å². The van der Waals surface area contributed by atoms with E-state index >= 15 is 0 Å². The van der Waals surface area contributed by atoms with E-state index in [-0.39, 0.29) is 0 Å². The van der Waals surface area contributed by atoms with Crippen LogP contribution in [0.25, 0.3) is 0 Å². The second-order valence-electron chi connectivity index (χ2n) is 5.38. The van der Waals surface area contributed by atoms with Gasteiger partial charge in [0.25, 0.3) is 0 Å². The van der Waals surface area contributed by atoms with Crippen LogP contribution in [0.2, 0.25) is 0 Å². The lowest BCUT2D eigenvalue weighted by molar-refractivity contribution is -0.0197. The van der Waals surface area contributed by atoms with E-state index in [1.54, 1.807) is 0 Å². The van der Waals surface area contributed by atoms with Gasteiger partial charge in [-0.15, -0.1) is 0 Å². The molecule has 1 aromatic heterocycles. The smallest absolute Gasteiger partial charge is 0.150 e. The van der Waals surface area contributed by atoms with Crippen LogP contribution < -0.4 is 0 Å². The van der Waals surface area contributed by atoms with Gasteiger partial charge in [0.2, 0.25) is 0 Å². The highest BCUT2D eigenvalue weighted by Gasteiger charge is 2.24. The summed E-state index contributed by atoms with van der Waals surface area (Å²) in [6, 6.07) is 0.508. The zero-order chi connectivity index (χ0) is 13.0. The van der Waals surface area contributed by atoms with E-state index in [0.717, 1.165) is 44.4 Å². The predicted molar refractivity (Wildman–Crippen MR) is 70.2 cm³/mol. The molecule has 0 spiro atoms. The molecule has 102 valence electrons. The van der Waals surface area contributed by atoms with Crippen LogP contribution in [0.15, 0.2) is 0 Å². The Balaban J connectivity index is 1.96. The van der Waals surface area contributed by atoms with Gasteiger partial charge in [-0.25, -0.2) is 4.98 Å². The molecule has 0 aliphatic carbocycles. The summed E-state index contributed by atoms with van der Waals surface area (Å²) in [6.07, 6.45) is 2.06. The summed E-state index contributed by atoms with van der Waals surface area (Å²) in [5.74, 6) is 2.57. The molecular weight excluding hydrogens is 228 g/mol. The number of hydrogen-bond donors (Lipinski definition) is 1. The Labute approximate surface area is 109 Å². The molecule has 1 aromatic rings. The quantitative estimate of drug-likeness (QED) is 0.865. The van der Waals surface area contributed by atoms with Crippen LogP contribution >= 0.6 is 0 Å². The molecule has 1 fully saturated rings. The zero-order valence-electron chi connectivity index (χ0n) is 11.6. The van der Waals surface area contributed by atoms with Crippen molar-refractivity contribution in [3.63, 3.8) is 0 Å². The lowest BCUT2D eigenvalue weighted by Gasteiger charge is -2.35. The minimum absolute atomic E-state index is 0.508. The first-order valence-corrected chi connectivity index (χ1v) is 6.91. The summed E-state index contributed by atoms with van der Waals surface area (Å²) in [6.45, 7) is 10.1. The first-order chi connectivity index (χ1) is 8.69. The fourth-order valence-corrected chi connectivity index (χ4v) is 2.41. The van der Waals surface area contributed by atoms with E-state index in [0.29, 0.717) is 12.0 Å².